The van der Waals surface area contributed by atoms with Gasteiger partial charge in [0.2, 0.25) is 0 Å². The minimum absolute atomic E-state index is 0.341. The lowest BCUT2D eigenvalue weighted by Gasteiger charge is -2.38. The predicted octanol–water partition coefficient (Wildman–Crippen LogP) is 2.40. The molecule has 2 rings (SSSR count). The van der Waals surface area contributed by atoms with E-state index in [1.165, 1.54) is 5.56 Å². The number of nitrogens with zero attached hydrogens (tertiary/aromatic N) is 2. The number of hydrogen-bond acceptors (Lipinski definition) is 3. The standard InChI is InChI=1S/C17H26N2O2/c1-4-13-5-7-14(8-6-13)16(17(20)21)19(3)15-9-11-18(2)12-10-15/h5-8,15-16H,4,9-12H2,1-3H3,(H,20,21). The van der Waals surface area contributed by atoms with E-state index in [1.807, 2.05) is 36.2 Å². The Labute approximate surface area is 127 Å². The molecule has 0 aromatic heterocycles. The number of hydrogen-bond donors (Lipinski definition) is 1. The van der Waals surface area contributed by atoms with Gasteiger partial charge in [0.15, 0.2) is 0 Å². The number of aryl methyl sites for hydroxylation is 1. The quantitative estimate of drug-likeness (QED) is 0.904. The monoisotopic (exact) mass is 290 g/mol. The van der Waals surface area contributed by atoms with Crippen LogP contribution >= 0.6 is 0 Å². The van der Waals surface area contributed by atoms with E-state index in [-0.39, 0.29) is 0 Å². The predicted molar refractivity (Wildman–Crippen MR) is 84.5 cm³/mol. The third kappa shape index (κ3) is 3.83. The maximum absolute atomic E-state index is 11.8. The highest BCUT2D eigenvalue weighted by Gasteiger charge is 2.31. The summed E-state index contributed by atoms with van der Waals surface area (Å²) < 4.78 is 0. The molecule has 21 heavy (non-hydrogen) atoms. The molecule has 0 radical (unpaired) electrons. The second-order valence-corrected chi connectivity index (χ2v) is 6.04. The second-order valence-electron chi connectivity index (χ2n) is 6.04. The lowest BCUT2D eigenvalue weighted by molar-refractivity contribution is -0.144. The molecule has 1 saturated heterocycles. The molecule has 0 bridgehead atoms. The third-order valence-corrected chi connectivity index (χ3v) is 4.61. The molecule has 0 saturated carbocycles. The smallest absolute Gasteiger partial charge is 0.325 e. The molecule has 1 aliphatic heterocycles. The molecule has 0 spiro atoms. The maximum Gasteiger partial charge on any atom is 0.325 e. The summed E-state index contributed by atoms with van der Waals surface area (Å²) in [5, 5.41) is 9.65. The Morgan fingerprint density at radius 3 is 2.38 bits per heavy atom. The first-order valence-electron chi connectivity index (χ1n) is 7.75. The number of carboxylic acid groups (broad SMARTS) is 1. The lowest BCUT2D eigenvalue weighted by atomic mass is 9.98. The number of aliphatic carboxylic acids is 1. The van der Waals surface area contributed by atoms with Crippen molar-refractivity contribution >= 4 is 5.97 Å². The van der Waals surface area contributed by atoms with Crippen LogP contribution in [0.1, 0.15) is 36.9 Å². The van der Waals surface area contributed by atoms with Crippen LogP contribution in [0, 0.1) is 0 Å². The lowest BCUT2D eigenvalue weighted by Crippen LogP contribution is -2.45. The van der Waals surface area contributed by atoms with E-state index < -0.39 is 12.0 Å². The first kappa shape index (κ1) is 16.0. The van der Waals surface area contributed by atoms with Crippen molar-refractivity contribution in [3.8, 4) is 0 Å². The Balaban J connectivity index is 2.15. The van der Waals surface area contributed by atoms with Crippen molar-refractivity contribution in [3.05, 3.63) is 35.4 Å². The van der Waals surface area contributed by atoms with E-state index in [9.17, 15) is 9.90 Å². The minimum atomic E-state index is -0.763. The van der Waals surface area contributed by atoms with E-state index in [0.717, 1.165) is 37.9 Å². The molecule has 0 amide bonds. The van der Waals surface area contributed by atoms with E-state index in [1.54, 1.807) is 0 Å². The van der Waals surface area contributed by atoms with E-state index in [2.05, 4.69) is 18.9 Å². The van der Waals surface area contributed by atoms with Gasteiger partial charge < -0.3 is 10.0 Å². The van der Waals surface area contributed by atoms with Crippen molar-refractivity contribution in [1.82, 2.24) is 9.80 Å². The summed E-state index contributed by atoms with van der Waals surface area (Å²) in [7, 11) is 4.07. The fraction of sp³-hybridized carbons (Fsp3) is 0.588. The largest absolute Gasteiger partial charge is 0.480 e. The van der Waals surface area contributed by atoms with Crippen molar-refractivity contribution in [2.24, 2.45) is 0 Å². The van der Waals surface area contributed by atoms with Gasteiger partial charge in [-0.05, 0) is 57.6 Å². The zero-order valence-corrected chi connectivity index (χ0v) is 13.2. The summed E-state index contributed by atoms with van der Waals surface area (Å²) in [5.41, 5.74) is 2.12. The highest BCUT2D eigenvalue weighted by molar-refractivity contribution is 5.75. The second kappa shape index (κ2) is 7.05. The Morgan fingerprint density at radius 2 is 1.90 bits per heavy atom. The molecule has 1 aromatic carbocycles. The van der Waals surface area contributed by atoms with Gasteiger partial charge in [0.05, 0.1) is 0 Å². The van der Waals surface area contributed by atoms with E-state index >= 15 is 0 Å². The third-order valence-electron chi connectivity index (χ3n) is 4.61. The first-order valence-corrected chi connectivity index (χ1v) is 7.75. The number of piperidine rings is 1. The molecule has 1 aliphatic rings. The summed E-state index contributed by atoms with van der Waals surface area (Å²) >= 11 is 0. The molecule has 1 aromatic rings. The van der Waals surface area contributed by atoms with Crippen LogP contribution in [-0.4, -0.2) is 54.1 Å². The molecule has 4 nitrogen and oxygen atoms in total. The normalized spacial score (nSPS) is 18.9. The number of rotatable bonds is 5. The number of carboxylic acids is 1. The van der Waals surface area contributed by atoms with Gasteiger partial charge in [-0.25, -0.2) is 0 Å². The highest BCUT2D eigenvalue weighted by atomic mass is 16.4. The van der Waals surface area contributed by atoms with Gasteiger partial charge in [0.25, 0.3) is 0 Å². The molecule has 1 fully saturated rings. The Bertz CT molecular complexity index is 464. The highest BCUT2D eigenvalue weighted by Crippen LogP contribution is 2.26. The average molecular weight is 290 g/mol. The van der Waals surface area contributed by atoms with Gasteiger partial charge in [0, 0.05) is 6.04 Å². The van der Waals surface area contributed by atoms with Crippen molar-refractivity contribution in [3.63, 3.8) is 0 Å². The zero-order chi connectivity index (χ0) is 15.4. The molecule has 0 aliphatic carbocycles. The van der Waals surface area contributed by atoms with Crippen molar-refractivity contribution in [2.75, 3.05) is 27.2 Å². The summed E-state index contributed by atoms with van der Waals surface area (Å²) in [6, 6.07) is 7.78. The summed E-state index contributed by atoms with van der Waals surface area (Å²) in [6.07, 6.45) is 3.04. The fourth-order valence-corrected chi connectivity index (χ4v) is 3.10. The molecule has 4 heteroatoms. The van der Waals surface area contributed by atoms with Gasteiger partial charge >= 0.3 is 5.97 Å². The van der Waals surface area contributed by atoms with Crippen LogP contribution in [0.4, 0.5) is 0 Å². The van der Waals surface area contributed by atoms with Crippen LogP contribution in [0.3, 0.4) is 0 Å². The molecule has 1 N–H and O–H groups in total. The Kier molecular flexibility index (Phi) is 5.37. The molecule has 1 heterocycles. The molecule has 116 valence electrons. The van der Waals surface area contributed by atoms with Crippen molar-refractivity contribution in [2.45, 2.75) is 38.3 Å². The first-order chi connectivity index (χ1) is 10.0. The van der Waals surface area contributed by atoms with E-state index in [0.29, 0.717) is 6.04 Å². The number of benzene rings is 1. The van der Waals surface area contributed by atoms with Gasteiger partial charge in [0.1, 0.15) is 6.04 Å². The van der Waals surface area contributed by atoms with Crippen molar-refractivity contribution < 1.29 is 9.90 Å². The summed E-state index contributed by atoms with van der Waals surface area (Å²) in [5.74, 6) is -0.763. The maximum atomic E-state index is 11.8. The van der Waals surface area contributed by atoms with Crippen LogP contribution in [0.15, 0.2) is 24.3 Å². The average Bonchev–Trinajstić information content (AvgIpc) is 2.48. The Morgan fingerprint density at radius 1 is 1.33 bits per heavy atom. The van der Waals surface area contributed by atoms with Crippen LogP contribution in [0.5, 0.6) is 0 Å². The SMILES string of the molecule is CCc1ccc(C(C(=O)O)N(C)C2CCN(C)CC2)cc1. The van der Waals surface area contributed by atoms with Crippen LogP contribution < -0.4 is 0 Å². The van der Waals surface area contributed by atoms with E-state index in [4.69, 9.17) is 0 Å². The summed E-state index contributed by atoms with van der Waals surface area (Å²) in [4.78, 5) is 16.1. The molecular weight excluding hydrogens is 264 g/mol. The number of likely N-dealkylation sites (tertiary alicyclic amines) is 1. The van der Waals surface area contributed by atoms with Gasteiger partial charge in [-0.2, -0.15) is 0 Å². The van der Waals surface area contributed by atoms with Gasteiger partial charge in [-0.15, -0.1) is 0 Å². The van der Waals surface area contributed by atoms with Gasteiger partial charge in [-0.3, -0.25) is 9.69 Å². The van der Waals surface area contributed by atoms with Gasteiger partial charge in [-0.1, -0.05) is 31.2 Å². The number of carbonyl (C=O) groups is 1. The van der Waals surface area contributed by atoms with Crippen LogP contribution in [0.25, 0.3) is 0 Å². The molecule has 1 unspecified atom stereocenters. The molecular formula is C17H26N2O2. The molecule has 1 atom stereocenters. The van der Waals surface area contributed by atoms with Crippen LogP contribution in [-0.2, 0) is 11.2 Å². The minimum Gasteiger partial charge on any atom is -0.480 e. The summed E-state index contributed by atoms with van der Waals surface area (Å²) in [6.45, 7) is 4.18. The van der Waals surface area contributed by atoms with Crippen molar-refractivity contribution in [1.29, 1.82) is 0 Å². The fourth-order valence-electron chi connectivity index (χ4n) is 3.10. The zero-order valence-electron chi connectivity index (χ0n) is 13.2. The topological polar surface area (TPSA) is 43.8 Å². The van der Waals surface area contributed by atoms with Crippen LogP contribution in [0.2, 0.25) is 0 Å². The Hall–Kier alpha value is -1.39. The number of likely N-dealkylation sites (N-methyl/N-ethyl adjacent to an activating group) is 1.